The van der Waals surface area contributed by atoms with Gasteiger partial charge < -0.3 is 14.8 Å². The average molecular weight is 277 g/mol. The predicted octanol–water partition coefficient (Wildman–Crippen LogP) is 4.01. The van der Waals surface area contributed by atoms with Crippen molar-refractivity contribution >= 4 is 5.69 Å². The molecule has 0 heterocycles. The monoisotopic (exact) mass is 277 g/mol. The summed E-state index contributed by atoms with van der Waals surface area (Å²) in [5.74, 6) is 1.77. The average Bonchev–Trinajstić information content (AvgIpc) is 2.42. The largest absolute Gasteiger partial charge is 0.489 e. The lowest BCUT2D eigenvalue weighted by Crippen LogP contribution is -2.26. The van der Waals surface area contributed by atoms with Crippen molar-refractivity contribution in [3.05, 3.63) is 23.8 Å². The normalized spacial score (nSPS) is 22.6. The molecule has 1 saturated carbocycles. The van der Waals surface area contributed by atoms with Gasteiger partial charge in [0.25, 0.3) is 0 Å². The van der Waals surface area contributed by atoms with E-state index >= 15 is 0 Å². The van der Waals surface area contributed by atoms with Crippen LogP contribution in [-0.2, 0) is 4.74 Å². The fourth-order valence-electron chi connectivity index (χ4n) is 2.89. The van der Waals surface area contributed by atoms with E-state index in [1.807, 2.05) is 0 Å². The Morgan fingerprint density at radius 1 is 1.25 bits per heavy atom. The van der Waals surface area contributed by atoms with Crippen molar-refractivity contribution in [2.75, 3.05) is 25.6 Å². The minimum absolute atomic E-state index is 0.575. The highest BCUT2D eigenvalue weighted by molar-refractivity contribution is 5.58. The first-order valence-electron chi connectivity index (χ1n) is 7.68. The maximum absolute atomic E-state index is 5.84. The number of rotatable bonds is 6. The van der Waals surface area contributed by atoms with Gasteiger partial charge in [0.2, 0.25) is 0 Å². The Kier molecular flexibility index (Phi) is 5.72. The third-order valence-corrected chi connectivity index (χ3v) is 3.98. The lowest BCUT2D eigenvalue weighted by atomic mass is 9.87. The number of aryl methyl sites for hydroxylation is 1. The topological polar surface area (TPSA) is 30.5 Å². The van der Waals surface area contributed by atoms with Crippen LogP contribution < -0.4 is 10.1 Å². The first-order valence-corrected chi connectivity index (χ1v) is 7.68. The number of nitrogens with one attached hydrogen (secondary N) is 1. The SMILES string of the molecule is COCCOc1cc(C)ccc1NC1CCCC(C)C1. The van der Waals surface area contributed by atoms with Crippen molar-refractivity contribution in [2.45, 2.75) is 45.6 Å². The lowest BCUT2D eigenvalue weighted by Gasteiger charge is -2.29. The standard InChI is InChI=1S/C17H27NO2/c1-13-5-4-6-15(11-13)18-16-8-7-14(2)12-17(16)20-10-9-19-3/h7-8,12-13,15,18H,4-6,9-11H2,1-3H3. The van der Waals surface area contributed by atoms with Crippen LogP contribution in [0.3, 0.4) is 0 Å². The Bertz CT molecular complexity index is 419. The van der Waals surface area contributed by atoms with Crippen molar-refractivity contribution in [1.29, 1.82) is 0 Å². The van der Waals surface area contributed by atoms with Crippen LogP contribution in [0.2, 0.25) is 0 Å². The Morgan fingerprint density at radius 2 is 2.10 bits per heavy atom. The fourth-order valence-corrected chi connectivity index (χ4v) is 2.89. The van der Waals surface area contributed by atoms with Gasteiger partial charge in [-0.1, -0.05) is 25.8 Å². The molecule has 2 rings (SSSR count). The van der Waals surface area contributed by atoms with Gasteiger partial charge in [0.05, 0.1) is 12.3 Å². The summed E-state index contributed by atoms with van der Waals surface area (Å²) in [4.78, 5) is 0. The first kappa shape index (κ1) is 15.2. The molecule has 1 aliphatic carbocycles. The van der Waals surface area contributed by atoms with Crippen LogP contribution in [0.4, 0.5) is 5.69 Å². The molecule has 2 unspecified atom stereocenters. The molecule has 0 spiro atoms. The van der Waals surface area contributed by atoms with E-state index in [4.69, 9.17) is 9.47 Å². The van der Waals surface area contributed by atoms with Crippen LogP contribution in [0, 0.1) is 12.8 Å². The van der Waals surface area contributed by atoms with Gasteiger partial charge in [-0.2, -0.15) is 0 Å². The van der Waals surface area contributed by atoms with Gasteiger partial charge in [-0.3, -0.25) is 0 Å². The second-order valence-electron chi connectivity index (χ2n) is 5.95. The molecule has 3 heteroatoms. The second kappa shape index (κ2) is 7.53. The predicted molar refractivity (Wildman–Crippen MR) is 83.6 cm³/mol. The molecular weight excluding hydrogens is 250 g/mol. The molecule has 1 aromatic rings. The zero-order valence-electron chi connectivity index (χ0n) is 12.9. The van der Waals surface area contributed by atoms with Gasteiger partial charge in [0, 0.05) is 13.2 Å². The Morgan fingerprint density at radius 3 is 2.85 bits per heavy atom. The number of anilines is 1. The second-order valence-corrected chi connectivity index (χ2v) is 5.95. The summed E-state index contributed by atoms with van der Waals surface area (Å²) in [6.07, 6.45) is 5.20. The fraction of sp³-hybridized carbons (Fsp3) is 0.647. The molecule has 0 saturated heterocycles. The molecule has 0 amide bonds. The number of ether oxygens (including phenoxy) is 2. The molecule has 3 nitrogen and oxygen atoms in total. The van der Waals surface area contributed by atoms with Crippen LogP contribution in [0.15, 0.2) is 18.2 Å². The number of hydrogen-bond acceptors (Lipinski definition) is 3. The van der Waals surface area contributed by atoms with E-state index in [0.717, 1.165) is 17.4 Å². The summed E-state index contributed by atoms with van der Waals surface area (Å²) in [5, 5.41) is 3.67. The number of methoxy groups -OCH3 is 1. The van der Waals surface area contributed by atoms with E-state index in [1.165, 1.54) is 31.2 Å². The van der Waals surface area contributed by atoms with E-state index in [-0.39, 0.29) is 0 Å². The minimum Gasteiger partial charge on any atom is -0.489 e. The van der Waals surface area contributed by atoms with Gasteiger partial charge in [0.1, 0.15) is 12.4 Å². The highest BCUT2D eigenvalue weighted by Crippen LogP contribution is 2.31. The van der Waals surface area contributed by atoms with Crippen LogP contribution in [0.25, 0.3) is 0 Å². The van der Waals surface area contributed by atoms with Crippen molar-refractivity contribution in [3.63, 3.8) is 0 Å². The van der Waals surface area contributed by atoms with E-state index < -0.39 is 0 Å². The molecule has 0 aromatic heterocycles. The molecule has 1 aliphatic rings. The summed E-state index contributed by atoms with van der Waals surface area (Å²) in [7, 11) is 1.70. The number of hydrogen-bond donors (Lipinski definition) is 1. The molecule has 0 radical (unpaired) electrons. The Labute approximate surface area is 122 Å². The van der Waals surface area contributed by atoms with E-state index in [1.54, 1.807) is 7.11 Å². The summed E-state index contributed by atoms with van der Waals surface area (Å²) < 4.78 is 10.9. The maximum Gasteiger partial charge on any atom is 0.142 e. The van der Waals surface area contributed by atoms with Crippen LogP contribution >= 0.6 is 0 Å². The molecule has 0 bridgehead atoms. The van der Waals surface area contributed by atoms with E-state index in [2.05, 4.69) is 37.4 Å². The molecule has 1 fully saturated rings. The zero-order chi connectivity index (χ0) is 14.4. The van der Waals surface area contributed by atoms with Crippen molar-refractivity contribution in [2.24, 2.45) is 5.92 Å². The Hall–Kier alpha value is -1.22. The van der Waals surface area contributed by atoms with Gasteiger partial charge >= 0.3 is 0 Å². The molecule has 20 heavy (non-hydrogen) atoms. The quantitative estimate of drug-likeness (QED) is 0.797. The summed E-state index contributed by atoms with van der Waals surface area (Å²) >= 11 is 0. The highest BCUT2D eigenvalue weighted by atomic mass is 16.5. The summed E-state index contributed by atoms with van der Waals surface area (Å²) in [6, 6.07) is 6.95. The van der Waals surface area contributed by atoms with Crippen LogP contribution in [-0.4, -0.2) is 26.4 Å². The van der Waals surface area contributed by atoms with Gasteiger partial charge in [-0.15, -0.1) is 0 Å². The smallest absolute Gasteiger partial charge is 0.142 e. The van der Waals surface area contributed by atoms with Crippen molar-refractivity contribution < 1.29 is 9.47 Å². The molecule has 1 aromatic carbocycles. The van der Waals surface area contributed by atoms with Crippen molar-refractivity contribution in [3.8, 4) is 5.75 Å². The van der Waals surface area contributed by atoms with E-state index in [9.17, 15) is 0 Å². The third kappa shape index (κ3) is 4.41. The van der Waals surface area contributed by atoms with Gasteiger partial charge in [-0.05, 0) is 43.4 Å². The van der Waals surface area contributed by atoms with Crippen LogP contribution in [0.5, 0.6) is 5.75 Å². The summed E-state index contributed by atoms with van der Waals surface area (Å²) in [6.45, 7) is 5.65. The highest BCUT2D eigenvalue weighted by Gasteiger charge is 2.19. The Balaban J connectivity index is 2.01. The van der Waals surface area contributed by atoms with Gasteiger partial charge in [-0.25, -0.2) is 0 Å². The van der Waals surface area contributed by atoms with Crippen molar-refractivity contribution in [1.82, 2.24) is 0 Å². The van der Waals surface area contributed by atoms with Crippen LogP contribution in [0.1, 0.15) is 38.2 Å². The lowest BCUT2D eigenvalue weighted by molar-refractivity contribution is 0.146. The minimum atomic E-state index is 0.575. The molecule has 0 aliphatic heterocycles. The molecule has 2 atom stereocenters. The molecular formula is C17H27NO2. The third-order valence-electron chi connectivity index (χ3n) is 3.98. The first-order chi connectivity index (χ1) is 9.69. The number of benzene rings is 1. The van der Waals surface area contributed by atoms with Gasteiger partial charge in [0.15, 0.2) is 0 Å². The maximum atomic E-state index is 5.84. The molecule has 112 valence electrons. The van der Waals surface area contributed by atoms with E-state index in [0.29, 0.717) is 19.3 Å². The molecule has 1 N–H and O–H groups in total. The zero-order valence-corrected chi connectivity index (χ0v) is 12.9. The summed E-state index contributed by atoms with van der Waals surface area (Å²) in [5.41, 5.74) is 2.34.